The van der Waals surface area contributed by atoms with Gasteiger partial charge in [0.2, 0.25) is 0 Å². The van der Waals surface area contributed by atoms with Gasteiger partial charge in [0, 0.05) is 29.7 Å². The molecule has 4 rings (SSSR count). The maximum atomic E-state index is 12.4. The van der Waals surface area contributed by atoms with Gasteiger partial charge in [0.25, 0.3) is 17.4 Å². The molecule has 3 aromatic rings. The van der Waals surface area contributed by atoms with Crippen LogP contribution in [-0.4, -0.2) is 48.3 Å². The molecule has 0 saturated carbocycles. The molecule has 0 unspecified atom stereocenters. The van der Waals surface area contributed by atoms with E-state index in [2.05, 4.69) is 25.9 Å². The molecule has 0 atom stereocenters. The molecule has 2 aromatic carbocycles. The van der Waals surface area contributed by atoms with Crippen LogP contribution in [0, 0.1) is 0 Å². The predicted molar refractivity (Wildman–Crippen MR) is 107 cm³/mol. The van der Waals surface area contributed by atoms with Crippen molar-refractivity contribution in [1.29, 1.82) is 0 Å². The Balaban J connectivity index is 1.42. The second-order valence-corrected chi connectivity index (χ2v) is 6.50. The quantitative estimate of drug-likeness (QED) is 0.568. The number of ether oxygens (including phenoxy) is 1. The SMILES string of the molecule is O=C(NNC(=O)c1n[nH]c(=O)c2ccccc12)c1ccc(N2CCOCC2)cc1. The van der Waals surface area contributed by atoms with Crippen molar-refractivity contribution in [3.8, 4) is 0 Å². The molecule has 0 spiro atoms. The first-order chi connectivity index (χ1) is 14.1. The summed E-state index contributed by atoms with van der Waals surface area (Å²) >= 11 is 0. The molecule has 1 fully saturated rings. The van der Waals surface area contributed by atoms with Crippen molar-refractivity contribution in [2.75, 3.05) is 31.2 Å². The summed E-state index contributed by atoms with van der Waals surface area (Å²) < 4.78 is 5.34. The number of hydrogen-bond acceptors (Lipinski definition) is 6. The van der Waals surface area contributed by atoms with Gasteiger partial charge >= 0.3 is 0 Å². The Kier molecular flexibility index (Phi) is 5.21. The average Bonchev–Trinajstić information content (AvgIpc) is 2.78. The van der Waals surface area contributed by atoms with Crippen LogP contribution in [0.5, 0.6) is 0 Å². The van der Waals surface area contributed by atoms with Crippen molar-refractivity contribution in [2.24, 2.45) is 0 Å². The van der Waals surface area contributed by atoms with Crippen LogP contribution in [0.1, 0.15) is 20.8 Å². The average molecular weight is 393 g/mol. The standard InChI is InChI=1S/C20H19N5O4/c26-18(13-5-7-14(8-6-13)25-9-11-29-12-10-25)22-24-20(28)17-15-3-1-2-4-16(15)19(27)23-21-17/h1-8H,9-12H2,(H,22,26)(H,23,27)(H,24,28). The van der Waals surface area contributed by atoms with Gasteiger partial charge in [0.05, 0.1) is 18.6 Å². The number of rotatable bonds is 3. The van der Waals surface area contributed by atoms with Gasteiger partial charge in [0.15, 0.2) is 5.69 Å². The smallest absolute Gasteiger partial charge is 0.290 e. The number of benzene rings is 2. The molecule has 0 radical (unpaired) electrons. The van der Waals surface area contributed by atoms with Crippen molar-refractivity contribution in [1.82, 2.24) is 21.0 Å². The Labute approximate surface area is 165 Å². The normalized spacial score (nSPS) is 13.9. The fourth-order valence-corrected chi connectivity index (χ4v) is 3.18. The molecule has 3 N–H and O–H groups in total. The van der Waals surface area contributed by atoms with Crippen molar-refractivity contribution in [3.63, 3.8) is 0 Å². The lowest BCUT2D eigenvalue weighted by atomic mass is 10.1. The van der Waals surface area contributed by atoms with Gasteiger partial charge in [-0.05, 0) is 30.3 Å². The first kappa shape index (κ1) is 18.6. The predicted octanol–water partition coefficient (Wildman–Crippen LogP) is 0.834. The van der Waals surface area contributed by atoms with E-state index in [0.717, 1.165) is 18.8 Å². The van der Waals surface area contributed by atoms with Crippen LogP contribution in [0.3, 0.4) is 0 Å². The number of aromatic amines is 1. The summed E-state index contributed by atoms with van der Waals surface area (Å²) in [5.41, 5.74) is 5.75. The molecular formula is C20H19N5O4. The third-order valence-electron chi connectivity index (χ3n) is 4.71. The highest BCUT2D eigenvalue weighted by Crippen LogP contribution is 2.16. The van der Waals surface area contributed by atoms with Crippen LogP contribution >= 0.6 is 0 Å². The van der Waals surface area contributed by atoms with Gasteiger partial charge in [-0.25, -0.2) is 5.10 Å². The summed E-state index contributed by atoms with van der Waals surface area (Å²) in [6.07, 6.45) is 0. The second kappa shape index (κ2) is 8.11. The van der Waals surface area contributed by atoms with Crippen LogP contribution < -0.4 is 21.3 Å². The molecule has 1 aliphatic heterocycles. The highest BCUT2D eigenvalue weighted by atomic mass is 16.5. The van der Waals surface area contributed by atoms with Crippen molar-refractivity contribution >= 4 is 28.3 Å². The fraction of sp³-hybridized carbons (Fsp3) is 0.200. The summed E-state index contributed by atoms with van der Waals surface area (Å²) in [6.45, 7) is 2.98. The van der Waals surface area contributed by atoms with E-state index >= 15 is 0 Å². The number of hydrazine groups is 1. The number of amides is 2. The Morgan fingerprint density at radius 3 is 2.31 bits per heavy atom. The maximum Gasteiger partial charge on any atom is 0.290 e. The number of anilines is 1. The lowest BCUT2D eigenvalue weighted by Gasteiger charge is -2.28. The van der Waals surface area contributed by atoms with Crippen LogP contribution in [-0.2, 0) is 4.74 Å². The Morgan fingerprint density at radius 2 is 1.59 bits per heavy atom. The molecule has 1 aromatic heterocycles. The van der Waals surface area contributed by atoms with E-state index in [9.17, 15) is 14.4 Å². The van der Waals surface area contributed by atoms with E-state index in [4.69, 9.17) is 4.74 Å². The number of aromatic nitrogens is 2. The molecule has 1 saturated heterocycles. The van der Waals surface area contributed by atoms with Crippen molar-refractivity contribution in [3.05, 3.63) is 70.1 Å². The minimum Gasteiger partial charge on any atom is -0.378 e. The monoisotopic (exact) mass is 393 g/mol. The summed E-state index contributed by atoms with van der Waals surface area (Å²) in [7, 11) is 0. The van der Waals surface area contributed by atoms with Gasteiger partial charge < -0.3 is 9.64 Å². The van der Waals surface area contributed by atoms with E-state index in [1.807, 2.05) is 12.1 Å². The van der Waals surface area contributed by atoms with E-state index in [1.165, 1.54) is 0 Å². The lowest BCUT2D eigenvalue weighted by molar-refractivity contribution is 0.0844. The molecule has 2 amide bonds. The molecule has 9 nitrogen and oxygen atoms in total. The number of nitrogens with zero attached hydrogens (tertiary/aromatic N) is 2. The van der Waals surface area contributed by atoms with Crippen LogP contribution in [0.25, 0.3) is 10.8 Å². The fourth-order valence-electron chi connectivity index (χ4n) is 3.18. The number of carbonyl (C=O) groups excluding carboxylic acids is 2. The minimum absolute atomic E-state index is 0.0168. The summed E-state index contributed by atoms with van der Waals surface area (Å²) in [5.74, 6) is -1.09. The lowest BCUT2D eigenvalue weighted by Crippen LogP contribution is -2.42. The molecule has 148 valence electrons. The van der Waals surface area contributed by atoms with Gasteiger partial charge in [-0.1, -0.05) is 18.2 Å². The van der Waals surface area contributed by atoms with Crippen LogP contribution in [0.4, 0.5) is 5.69 Å². The zero-order chi connectivity index (χ0) is 20.2. The third kappa shape index (κ3) is 3.94. The van der Waals surface area contributed by atoms with E-state index in [-0.39, 0.29) is 11.3 Å². The van der Waals surface area contributed by atoms with Gasteiger partial charge in [-0.3, -0.25) is 25.2 Å². The summed E-state index contributed by atoms with van der Waals surface area (Å²) in [4.78, 5) is 38.8. The van der Waals surface area contributed by atoms with Crippen LogP contribution in [0.2, 0.25) is 0 Å². The van der Waals surface area contributed by atoms with Gasteiger partial charge in [0.1, 0.15) is 0 Å². The van der Waals surface area contributed by atoms with E-state index in [0.29, 0.717) is 29.5 Å². The summed E-state index contributed by atoms with van der Waals surface area (Å²) in [5, 5.41) is 6.84. The van der Waals surface area contributed by atoms with Gasteiger partial charge in [-0.2, -0.15) is 5.10 Å². The number of fused-ring (bicyclic) bond motifs is 1. The topological polar surface area (TPSA) is 116 Å². The van der Waals surface area contributed by atoms with E-state index in [1.54, 1.807) is 36.4 Å². The van der Waals surface area contributed by atoms with Crippen molar-refractivity contribution < 1.29 is 14.3 Å². The van der Waals surface area contributed by atoms with E-state index < -0.39 is 11.8 Å². The largest absolute Gasteiger partial charge is 0.378 e. The molecule has 9 heteroatoms. The zero-order valence-corrected chi connectivity index (χ0v) is 15.5. The molecular weight excluding hydrogens is 374 g/mol. The van der Waals surface area contributed by atoms with Crippen molar-refractivity contribution in [2.45, 2.75) is 0 Å². The Hall–Kier alpha value is -3.72. The molecule has 2 heterocycles. The maximum absolute atomic E-state index is 12.4. The Bertz CT molecular complexity index is 1100. The Morgan fingerprint density at radius 1 is 0.931 bits per heavy atom. The zero-order valence-electron chi connectivity index (χ0n) is 15.5. The third-order valence-corrected chi connectivity index (χ3v) is 4.71. The molecule has 1 aliphatic rings. The molecule has 0 bridgehead atoms. The van der Waals surface area contributed by atoms with Gasteiger partial charge in [-0.15, -0.1) is 0 Å². The number of hydrogen-bond donors (Lipinski definition) is 3. The first-order valence-corrected chi connectivity index (χ1v) is 9.14. The highest BCUT2D eigenvalue weighted by molar-refractivity contribution is 6.06. The molecule has 29 heavy (non-hydrogen) atoms. The number of carbonyl (C=O) groups is 2. The number of morpholine rings is 1. The summed E-state index contributed by atoms with van der Waals surface area (Å²) in [6, 6.07) is 13.7. The van der Waals surface area contributed by atoms with Crippen LogP contribution in [0.15, 0.2) is 53.3 Å². The highest BCUT2D eigenvalue weighted by Gasteiger charge is 2.16. The first-order valence-electron chi connectivity index (χ1n) is 9.14. The minimum atomic E-state index is -0.629. The number of H-pyrrole nitrogens is 1. The number of nitrogens with one attached hydrogen (secondary N) is 3. The molecule has 0 aliphatic carbocycles. The second-order valence-electron chi connectivity index (χ2n) is 6.50.